The topological polar surface area (TPSA) is 29.9 Å². The first-order valence-electron chi connectivity index (χ1n) is 6.54. The van der Waals surface area contributed by atoms with Gasteiger partial charge in [-0.25, -0.2) is 0 Å². The Morgan fingerprint density at radius 3 is 2.53 bits per heavy atom. The molecule has 1 aromatic heterocycles. The Morgan fingerprint density at radius 2 is 1.89 bits per heavy atom. The Bertz CT molecular complexity index is 529. The number of hydrogen-bond donors (Lipinski definition) is 1. The molecule has 2 aromatic rings. The predicted octanol–water partition coefficient (Wildman–Crippen LogP) is 3.69. The lowest BCUT2D eigenvalue weighted by Crippen LogP contribution is -2.36. The van der Waals surface area contributed by atoms with Gasteiger partial charge in [-0.1, -0.05) is 28.1 Å². The van der Waals surface area contributed by atoms with Crippen LogP contribution in [0.5, 0.6) is 0 Å². The zero-order valence-corrected chi connectivity index (χ0v) is 13.2. The Kier molecular flexibility index (Phi) is 4.42. The van der Waals surface area contributed by atoms with Crippen LogP contribution in [0.25, 0.3) is 0 Å². The summed E-state index contributed by atoms with van der Waals surface area (Å²) in [7, 11) is 0. The Labute approximate surface area is 123 Å². The van der Waals surface area contributed by atoms with Gasteiger partial charge in [0.15, 0.2) is 0 Å². The summed E-state index contributed by atoms with van der Waals surface area (Å²) in [5, 5.41) is 7.89. The molecular weight excluding hydrogens is 302 g/mol. The van der Waals surface area contributed by atoms with Crippen molar-refractivity contribution in [2.45, 2.75) is 39.4 Å². The molecule has 3 nitrogen and oxygen atoms in total. The van der Waals surface area contributed by atoms with Crippen LogP contribution < -0.4 is 5.32 Å². The van der Waals surface area contributed by atoms with E-state index in [2.05, 4.69) is 77.4 Å². The van der Waals surface area contributed by atoms with E-state index in [1.165, 1.54) is 11.3 Å². The Balaban J connectivity index is 2.07. The molecule has 0 bridgehead atoms. The van der Waals surface area contributed by atoms with E-state index in [0.29, 0.717) is 0 Å². The maximum Gasteiger partial charge on any atom is 0.0522 e. The van der Waals surface area contributed by atoms with Gasteiger partial charge in [-0.05, 0) is 44.5 Å². The largest absolute Gasteiger partial charge is 0.302 e. The van der Waals surface area contributed by atoms with Gasteiger partial charge in [0.1, 0.15) is 0 Å². The predicted molar refractivity (Wildman–Crippen MR) is 81.9 cm³/mol. The molecule has 0 fully saturated rings. The van der Waals surface area contributed by atoms with E-state index >= 15 is 0 Å². The molecule has 0 aliphatic carbocycles. The third kappa shape index (κ3) is 3.45. The molecule has 2 rings (SSSR count). The maximum atomic E-state index is 4.29. The van der Waals surface area contributed by atoms with Crippen LogP contribution in [-0.2, 0) is 18.6 Å². The number of hydrogen-bond acceptors (Lipinski definition) is 2. The number of aryl methyl sites for hydroxylation is 1. The molecule has 0 atom stereocenters. The standard InChI is InChI=1S/C15H20BrN3/c1-4-19-14(9-10-18-19)11-17-15(2,3)12-5-7-13(16)8-6-12/h5-10,17H,4,11H2,1-3H3. The number of aromatic nitrogens is 2. The van der Waals surface area contributed by atoms with Crippen molar-refractivity contribution in [3.8, 4) is 0 Å². The molecule has 0 radical (unpaired) electrons. The lowest BCUT2D eigenvalue weighted by atomic mass is 9.94. The highest BCUT2D eigenvalue weighted by Gasteiger charge is 2.19. The van der Waals surface area contributed by atoms with E-state index in [0.717, 1.165) is 17.6 Å². The van der Waals surface area contributed by atoms with Crippen molar-refractivity contribution in [2.24, 2.45) is 0 Å². The van der Waals surface area contributed by atoms with Gasteiger partial charge in [0, 0.05) is 29.3 Å². The van der Waals surface area contributed by atoms with Crippen LogP contribution in [0.3, 0.4) is 0 Å². The Morgan fingerprint density at radius 1 is 1.21 bits per heavy atom. The average molecular weight is 322 g/mol. The second-order valence-corrected chi connectivity index (χ2v) is 6.04. The summed E-state index contributed by atoms with van der Waals surface area (Å²) in [5.41, 5.74) is 2.43. The highest BCUT2D eigenvalue weighted by Crippen LogP contribution is 2.22. The van der Waals surface area contributed by atoms with Crippen LogP contribution in [0.4, 0.5) is 0 Å². The van der Waals surface area contributed by atoms with Crippen LogP contribution in [0.2, 0.25) is 0 Å². The van der Waals surface area contributed by atoms with Gasteiger partial charge >= 0.3 is 0 Å². The smallest absolute Gasteiger partial charge is 0.0522 e. The minimum absolute atomic E-state index is 0.0659. The minimum atomic E-state index is -0.0659. The molecule has 102 valence electrons. The van der Waals surface area contributed by atoms with E-state index in [1.54, 1.807) is 0 Å². The average Bonchev–Trinajstić information content (AvgIpc) is 2.84. The highest BCUT2D eigenvalue weighted by molar-refractivity contribution is 9.10. The normalized spacial score (nSPS) is 11.8. The molecule has 0 saturated heterocycles. The second kappa shape index (κ2) is 5.88. The second-order valence-electron chi connectivity index (χ2n) is 5.12. The van der Waals surface area contributed by atoms with Crippen molar-refractivity contribution < 1.29 is 0 Å². The number of halogens is 1. The SMILES string of the molecule is CCn1nccc1CNC(C)(C)c1ccc(Br)cc1. The molecule has 0 amide bonds. The molecule has 0 saturated carbocycles. The zero-order valence-electron chi connectivity index (χ0n) is 11.7. The van der Waals surface area contributed by atoms with E-state index in [4.69, 9.17) is 0 Å². The fourth-order valence-corrected chi connectivity index (χ4v) is 2.34. The van der Waals surface area contributed by atoms with Gasteiger partial charge in [-0.2, -0.15) is 5.10 Å². The molecule has 1 N–H and O–H groups in total. The molecule has 0 spiro atoms. The third-order valence-corrected chi connectivity index (χ3v) is 3.91. The van der Waals surface area contributed by atoms with Crippen molar-refractivity contribution in [3.63, 3.8) is 0 Å². The van der Waals surface area contributed by atoms with Gasteiger partial charge in [-0.3, -0.25) is 4.68 Å². The van der Waals surface area contributed by atoms with Gasteiger partial charge in [0.2, 0.25) is 0 Å². The summed E-state index contributed by atoms with van der Waals surface area (Å²) >= 11 is 3.47. The van der Waals surface area contributed by atoms with Gasteiger partial charge in [0.05, 0.1) is 5.69 Å². The van der Waals surface area contributed by atoms with Crippen molar-refractivity contribution in [1.82, 2.24) is 15.1 Å². The first-order chi connectivity index (χ1) is 9.03. The van der Waals surface area contributed by atoms with Crippen molar-refractivity contribution in [2.75, 3.05) is 0 Å². The molecule has 0 aliphatic rings. The number of nitrogens with zero attached hydrogens (tertiary/aromatic N) is 2. The van der Waals surface area contributed by atoms with E-state index < -0.39 is 0 Å². The molecular formula is C15H20BrN3. The molecule has 19 heavy (non-hydrogen) atoms. The third-order valence-electron chi connectivity index (χ3n) is 3.38. The highest BCUT2D eigenvalue weighted by atomic mass is 79.9. The molecule has 1 aromatic carbocycles. The fourth-order valence-electron chi connectivity index (χ4n) is 2.08. The minimum Gasteiger partial charge on any atom is -0.302 e. The van der Waals surface area contributed by atoms with Crippen molar-refractivity contribution in [3.05, 3.63) is 52.3 Å². The van der Waals surface area contributed by atoms with Gasteiger partial charge < -0.3 is 5.32 Å². The van der Waals surface area contributed by atoms with Crippen LogP contribution in [0.15, 0.2) is 41.0 Å². The molecule has 0 unspecified atom stereocenters. The van der Waals surface area contributed by atoms with Crippen molar-refractivity contribution >= 4 is 15.9 Å². The first-order valence-corrected chi connectivity index (χ1v) is 7.34. The molecule has 4 heteroatoms. The van der Waals surface area contributed by atoms with Crippen LogP contribution >= 0.6 is 15.9 Å². The summed E-state index contributed by atoms with van der Waals surface area (Å²) in [6, 6.07) is 10.5. The van der Waals surface area contributed by atoms with E-state index in [-0.39, 0.29) is 5.54 Å². The van der Waals surface area contributed by atoms with Crippen molar-refractivity contribution in [1.29, 1.82) is 0 Å². The monoisotopic (exact) mass is 321 g/mol. The summed E-state index contributed by atoms with van der Waals surface area (Å²) in [6.45, 7) is 8.22. The van der Waals surface area contributed by atoms with Gasteiger partial charge in [-0.15, -0.1) is 0 Å². The van der Waals surface area contributed by atoms with Crippen LogP contribution in [0.1, 0.15) is 32.0 Å². The zero-order chi connectivity index (χ0) is 13.9. The summed E-state index contributed by atoms with van der Waals surface area (Å²) in [5.74, 6) is 0. The number of benzene rings is 1. The molecule has 0 aliphatic heterocycles. The number of rotatable bonds is 5. The lowest BCUT2D eigenvalue weighted by Gasteiger charge is -2.27. The quantitative estimate of drug-likeness (QED) is 0.910. The van der Waals surface area contributed by atoms with Crippen LogP contribution in [0, 0.1) is 0 Å². The Hall–Kier alpha value is -1.13. The van der Waals surface area contributed by atoms with E-state index in [1.807, 2.05) is 10.9 Å². The van der Waals surface area contributed by atoms with E-state index in [9.17, 15) is 0 Å². The number of nitrogens with one attached hydrogen (secondary N) is 1. The molecule has 1 heterocycles. The maximum absolute atomic E-state index is 4.29. The fraction of sp³-hybridized carbons (Fsp3) is 0.400. The summed E-state index contributed by atoms with van der Waals surface area (Å²) in [4.78, 5) is 0. The lowest BCUT2D eigenvalue weighted by molar-refractivity contribution is 0.391. The summed E-state index contributed by atoms with van der Waals surface area (Å²) < 4.78 is 3.13. The first kappa shape index (κ1) is 14.3. The van der Waals surface area contributed by atoms with Crippen LogP contribution in [-0.4, -0.2) is 9.78 Å². The summed E-state index contributed by atoms with van der Waals surface area (Å²) in [6.07, 6.45) is 1.85. The van der Waals surface area contributed by atoms with Gasteiger partial charge in [0.25, 0.3) is 0 Å².